The van der Waals surface area contributed by atoms with E-state index >= 15 is 0 Å². The molecular formula is C17H26N2O3. The maximum atomic E-state index is 12.2. The van der Waals surface area contributed by atoms with Crippen molar-refractivity contribution in [1.29, 1.82) is 0 Å². The van der Waals surface area contributed by atoms with Crippen molar-refractivity contribution < 1.29 is 13.9 Å². The maximum Gasteiger partial charge on any atom is 0.315 e. The van der Waals surface area contributed by atoms with Crippen LogP contribution in [0.3, 0.4) is 0 Å². The molecule has 5 heteroatoms. The molecular weight excluding hydrogens is 280 g/mol. The molecule has 2 N–H and O–H groups in total. The average molecular weight is 306 g/mol. The van der Waals surface area contributed by atoms with E-state index in [2.05, 4.69) is 10.6 Å². The smallest absolute Gasteiger partial charge is 0.315 e. The van der Waals surface area contributed by atoms with Crippen LogP contribution in [0.1, 0.15) is 51.2 Å². The van der Waals surface area contributed by atoms with Crippen LogP contribution >= 0.6 is 0 Å². The fourth-order valence-corrected chi connectivity index (χ4v) is 3.75. The van der Waals surface area contributed by atoms with E-state index in [0.717, 1.165) is 38.1 Å². The molecule has 2 aliphatic rings. The summed E-state index contributed by atoms with van der Waals surface area (Å²) in [5.74, 6) is 0.892. The summed E-state index contributed by atoms with van der Waals surface area (Å²) in [6, 6.07) is 3.98. The first-order valence-corrected chi connectivity index (χ1v) is 8.39. The third kappa shape index (κ3) is 3.83. The molecule has 0 bridgehead atoms. The standard InChI is InChI=1S/C17H26N2O3/c1-13(11-15-5-4-9-21-15)18-16(20)19-14-6-10-22-17(12-14)7-2-3-8-17/h4-5,9,13-14H,2-3,6-8,10-12H2,1H3,(H2,18,19,20)/t13-,14-/m1/s1. The molecule has 0 aromatic carbocycles. The van der Waals surface area contributed by atoms with Crippen LogP contribution in [0.5, 0.6) is 0 Å². The third-order valence-corrected chi connectivity index (χ3v) is 4.81. The van der Waals surface area contributed by atoms with Gasteiger partial charge in [-0.25, -0.2) is 4.79 Å². The second kappa shape index (κ2) is 6.73. The molecule has 2 heterocycles. The normalized spacial score (nSPS) is 25.0. The van der Waals surface area contributed by atoms with Crippen molar-refractivity contribution in [3.63, 3.8) is 0 Å². The van der Waals surface area contributed by atoms with Crippen LogP contribution in [-0.2, 0) is 11.2 Å². The molecule has 1 aliphatic heterocycles. The molecule has 1 saturated carbocycles. The fourth-order valence-electron chi connectivity index (χ4n) is 3.75. The lowest BCUT2D eigenvalue weighted by atomic mass is 9.89. The quantitative estimate of drug-likeness (QED) is 0.899. The van der Waals surface area contributed by atoms with Crippen molar-refractivity contribution in [3.05, 3.63) is 24.2 Å². The average Bonchev–Trinajstić information content (AvgIpc) is 3.11. The van der Waals surface area contributed by atoms with Gasteiger partial charge in [0.05, 0.1) is 11.9 Å². The SMILES string of the molecule is C[C@H](Cc1ccco1)NC(=O)N[C@@H]1CCOC2(CCCC2)C1. The van der Waals surface area contributed by atoms with Gasteiger partial charge in [0, 0.05) is 25.1 Å². The summed E-state index contributed by atoms with van der Waals surface area (Å²) >= 11 is 0. The zero-order chi connectivity index (χ0) is 15.4. The lowest BCUT2D eigenvalue weighted by molar-refractivity contribution is -0.0820. The summed E-state index contributed by atoms with van der Waals surface area (Å²) < 4.78 is 11.3. The van der Waals surface area contributed by atoms with E-state index in [0.29, 0.717) is 6.42 Å². The summed E-state index contributed by atoms with van der Waals surface area (Å²) in [6.45, 7) is 2.75. The molecule has 5 nitrogen and oxygen atoms in total. The van der Waals surface area contributed by atoms with Crippen LogP contribution in [-0.4, -0.2) is 30.3 Å². The van der Waals surface area contributed by atoms with Crippen molar-refractivity contribution in [2.24, 2.45) is 0 Å². The van der Waals surface area contributed by atoms with Crippen LogP contribution in [0.2, 0.25) is 0 Å². The first kappa shape index (κ1) is 15.4. The summed E-state index contributed by atoms with van der Waals surface area (Å²) in [5, 5.41) is 6.11. The minimum atomic E-state index is -0.0842. The summed E-state index contributed by atoms with van der Waals surface area (Å²) in [6.07, 6.45) is 9.00. The van der Waals surface area contributed by atoms with Gasteiger partial charge in [-0.05, 0) is 44.7 Å². The highest BCUT2D eigenvalue weighted by atomic mass is 16.5. The van der Waals surface area contributed by atoms with E-state index in [4.69, 9.17) is 9.15 Å². The Morgan fingerprint density at radius 2 is 2.27 bits per heavy atom. The third-order valence-electron chi connectivity index (χ3n) is 4.81. The van der Waals surface area contributed by atoms with Gasteiger partial charge in [0.25, 0.3) is 0 Å². The lowest BCUT2D eigenvalue weighted by Crippen LogP contribution is -2.51. The number of furan rings is 1. The molecule has 2 atom stereocenters. The first-order valence-electron chi connectivity index (χ1n) is 8.39. The molecule has 122 valence electrons. The topological polar surface area (TPSA) is 63.5 Å². The van der Waals surface area contributed by atoms with Gasteiger partial charge in [-0.2, -0.15) is 0 Å². The van der Waals surface area contributed by atoms with Crippen molar-refractivity contribution in [1.82, 2.24) is 10.6 Å². The summed E-state index contributed by atoms with van der Waals surface area (Å²) in [7, 11) is 0. The predicted molar refractivity (Wildman–Crippen MR) is 83.7 cm³/mol. The van der Waals surface area contributed by atoms with Crippen LogP contribution in [0.15, 0.2) is 22.8 Å². The van der Waals surface area contributed by atoms with Crippen LogP contribution in [0.4, 0.5) is 4.79 Å². The Hall–Kier alpha value is -1.49. The fraction of sp³-hybridized carbons (Fsp3) is 0.706. The number of urea groups is 1. The molecule has 2 fully saturated rings. The van der Waals surface area contributed by atoms with Gasteiger partial charge in [0.15, 0.2) is 0 Å². The Labute approximate surface area is 131 Å². The Morgan fingerprint density at radius 3 is 3.00 bits per heavy atom. The van der Waals surface area contributed by atoms with Crippen molar-refractivity contribution in [3.8, 4) is 0 Å². The lowest BCUT2D eigenvalue weighted by Gasteiger charge is -2.38. The zero-order valence-corrected chi connectivity index (χ0v) is 13.3. The van der Waals surface area contributed by atoms with Gasteiger partial charge >= 0.3 is 6.03 Å². The van der Waals surface area contributed by atoms with Gasteiger partial charge in [0.2, 0.25) is 0 Å². The van der Waals surface area contributed by atoms with Crippen LogP contribution < -0.4 is 10.6 Å². The number of carbonyl (C=O) groups excluding carboxylic acids is 1. The molecule has 1 spiro atoms. The minimum Gasteiger partial charge on any atom is -0.469 e. The largest absolute Gasteiger partial charge is 0.469 e. The number of rotatable bonds is 4. The highest BCUT2D eigenvalue weighted by Crippen LogP contribution is 2.39. The van der Waals surface area contributed by atoms with Crippen LogP contribution in [0.25, 0.3) is 0 Å². The number of hydrogen-bond donors (Lipinski definition) is 2. The molecule has 0 radical (unpaired) electrons. The second-order valence-electron chi connectivity index (χ2n) is 6.73. The van der Waals surface area contributed by atoms with Crippen LogP contribution in [0, 0.1) is 0 Å². The Bertz CT molecular complexity index is 480. The first-order chi connectivity index (χ1) is 10.7. The zero-order valence-electron chi connectivity index (χ0n) is 13.3. The molecule has 22 heavy (non-hydrogen) atoms. The molecule has 1 aromatic rings. The molecule has 3 rings (SSSR count). The monoisotopic (exact) mass is 306 g/mol. The molecule has 1 aromatic heterocycles. The highest BCUT2D eigenvalue weighted by Gasteiger charge is 2.40. The molecule has 2 amide bonds. The minimum absolute atomic E-state index is 0.0377. The van der Waals surface area contributed by atoms with Gasteiger partial charge in [-0.3, -0.25) is 0 Å². The van der Waals surface area contributed by atoms with E-state index in [1.165, 1.54) is 12.8 Å². The Kier molecular flexibility index (Phi) is 4.71. The molecule has 1 saturated heterocycles. The highest BCUT2D eigenvalue weighted by molar-refractivity contribution is 5.74. The number of nitrogens with one attached hydrogen (secondary N) is 2. The number of carbonyl (C=O) groups is 1. The van der Waals surface area contributed by atoms with Gasteiger partial charge in [-0.1, -0.05) is 12.8 Å². The van der Waals surface area contributed by atoms with E-state index in [9.17, 15) is 4.79 Å². The maximum absolute atomic E-state index is 12.2. The summed E-state index contributed by atoms with van der Waals surface area (Å²) in [4.78, 5) is 12.2. The van der Waals surface area contributed by atoms with E-state index in [-0.39, 0.29) is 23.7 Å². The molecule has 1 aliphatic carbocycles. The number of hydrogen-bond acceptors (Lipinski definition) is 3. The van der Waals surface area contributed by atoms with Crippen molar-refractivity contribution in [2.45, 2.75) is 69.6 Å². The van der Waals surface area contributed by atoms with Crippen molar-refractivity contribution >= 4 is 6.03 Å². The molecule has 0 unspecified atom stereocenters. The Morgan fingerprint density at radius 1 is 1.45 bits per heavy atom. The van der Waals surface area contributed by atoms with E-state index < -0.39 is 0 Å². The van der Waals surface area contributed by atoms with Gasteiger partial charge in [0.1, 0.15) is 5.76 Å². The van der Waals surface area contributed by atoms with E-state index in [1.54, 1.807) is 6.26 Å². The predicted octanol–water partition coefficient (Wildman–Crippen LogP) is 3.00. The van der Waals surface area contributed by atoms with E-state index in [1.807, 2.05) is 19.1 Å². The Balaban J connectivity index is 1.45. The van der Waals surface area contributed by atoms with Gasteiger partial charge in [-0.15, -0.1) is 0 Å². The number of amides is 2. The second-order valence-corrected chi connectivity index (χ2v) is 6.73. The van der Waals surface area contributed by atoms with Gasteiger partial charge < -0.3 is 19.8 Å². The van der Waals surface area contributed by atoms with Crippen molar-refractivity contribution in [2.75, 3.05) is 6.61 Å². The number of ether oxygens (including phenoxy) is 1. The summed E-state index contributed by atoms with van der Waals surface area (Å²) in [5.41, 5.74) is 0.0377.